The maximum Gasteiger partial charge on any atom is 0.387 e. The Hall–Kier alpha value is -2.67. The molecule has 0 bridgehead atoms. The average Bonchev–Trinajstić information content (AvgIpc) is 2.63. The highest BCUT2D eigenvalue weighted by Crippen LogP contribution is 2.29. The van der Waals surface area contributed by atoms with Crippen LogP contribution < -0.4 is 14.8 Å². The van der Waals surface area contributed by atoms with E-state index >= 15 is 0 Å². The predicted molar refractivity (Wildman–Crippen MR) is 92.8 cm³/mol. The smallest absolute Gasteiger partial charge is 0.387 e. The second-order valence-electron chi connectivity index (χ2n) is 5.50. The van der Waals surface area contributed by atoms with Crippen molar-refractivity contribution in [2.45, 2.75) is 19.6 Å². The van der Waals surface area contributed by atoms with E-state index in [0.717, 1.165) is 11.1 Å². The van der Waals surface area contributed by atoms with Crippen LogP contribution in [0.25, 0.3) is 0 Å². The minimum Gasteiger partial charge on any atom is -0.493 e. The lowest BCUT2D eigenvalue weighted by atomic mass is 10.1. The first-order chi connectivity index (χ1) is 12.5. The van der Waals surface area contributed by atoms with E-state index in [1.807, 2.05) is 12.1 Å². The number of hydrogen-bond donors (Lipinski definition) is 1. The van der Waals surface area contributed by atoms with Crippen LogP contribution in [0, 0.1) is 0 Å². The molecule has 0 aliphatic rings. The Kier molecular flexibility index (Phi) is 7.35. The third-order valence-corrected chi connectivity index (χ3v) is 3.67. The summed E-state index contributed by atoms with van der Waals surface area (Å²) in [5.74, 6) is 0.0212. The minimum absolute atomic E-state index is 0.0218. The number of hydrogen-bond acceptors (Lipinski definition) is 4. The van der Waals surface area contributed by atoms with Gasteiger partial charge >= 0.3 is 6.61 Å². The molecular formula is C19H21F2NO4. The molecule has 140 valence electrons. The molecule has 26 heavy (non-hydrogen) atoms. The molecule has 0 radical (unpaired) electrons. The number of carbonyl (C=O) groups excluding carboxylic acids is 1. The Labute approximate surface area is 150 Å². The highest BCUT2D eigenvalue weighted by Gasteiger charge is 2.11. The summed E-state index contributed by atoms with van der Waals surface area (Å²) in [5, 5.41) is 2.82. The lowest BCUT2D eigenvalue weighted by Gasteiger charge is -2.12. The Bertz CT molecular complexity index is 720. The number of halogens is 2. The summed E-state index contributed by atoms with van der Waals surface area (Å²) in [6, 6.07) is 11.9. The lowest BCUT2D eigenvalue weighted by molar-refractivity contribution is -0.0512. The first kappa shape index (κ1) is 19.7. The molecule has 1 amide bonds. The number of carbonyl (C=O) groups is 1. The molecular weight excluding hydrogens is 344 g/mol. The molecule has 0 unspecified atom stereocenters. The van der Waals surface area contributed by atoms with Crippen molar-refractivity contribution in [1.82, 2.24) is 5.32 Å². The summed E-state index contributed by atoms with van der Waals surface area (Å²) in [4.78, 5) is 12.1. The van der Waals surface area contributed by atoms with E-state index in [1.54, 1.807) is 31.4 Å². The van der Waals surface area contributed by atoms with Gasteiger partial charge in [-0.3, -0.25) is 4.79 Å². The number of benzene rings is 2. The Balaban J connectivity index is 1.89. The third-order valence-electron chi connectivity index (χ3n) is 3.67. The van der Waals surface area contributed by atoms with Gasteiger partial charge in [0.25, 0.3) is 5.91 Å². The van der Waals surface area contributed by atoms with Crippen molar-refractivity contribution in [1.29, 1.82) is 0 Å². The van der Waals surface area contributed by atoms with E-state index in [-0.39, 0.29) is 17.4 Å². The normalized spacial score (nSPS) is 10.7. The molecule has 0 saturated carbocycles. The summed E-state index contributed by atoms with van der Waals surface area (Å²) in [6.45, 7) is -2.02. The third kappa shape index (κ3) is 5.70. The molecule has 2 aromatic rings. The van der Waals surface area contributed by atoms with Crippen molar-refractivity contribution in [3.8, 4) is 11.5 Å². The molecule has 0 aromatic heterocycles. The van der Waals surface area contributed by atoms with Gasteiger partial charge in [-0.25, -0.2) is 0 Å². The first-order valence-electron chi connectivity index (χ1n) is 8.01. The molecule has 0 aliphatic heterocycles. The zero-order chi connectivity index (χ0) is 18.9. The van der Waals surface area contributed by atoms with Crippen LogP contribution in [0.5, 0.6) is 11.5 Å². The zero-order valence-corrected chi connectivity index (χ0v) is 14.6. The second kappa shape index (κ2) is 9.72. The monoisotopic (exact) mass is 365 g/mol. The molecule has 2 rings (SSSR count). The van der Waals surface area contributed by atoms with Crippen LogP contribution in [0.15, 0.2) is 42.5 Å². The summed E-state index contributed by atoms with van der Waals surface area (Å²) in [7, 11) is 2.99. The van der Waals surface area contributed by atoms with Crippen LogP contribution in [0.1, 0.15) is 21.5 Å². The highest BCUT2D eigenvalue weighted by atomic mass is 19.3. The molecule has 1 N–H and O–H groups in total. The van der Waals surface area contributed by atoms with Crippen LogP contribution in [-0.4, -0.2) is 33.3 Å². The van der Waals surface area contributed by atoms with E-state index < -0.39 is 6.61 Å². The number of ether oxygens (including phenoxy) is 3. The number of nitrogens with one attached hydrogen (secondary N) is 1. The van der Waals surface area contributed by atoms with Crippen molar-refractivity contribution < 1.29 is 27.8 Å². The molecule has 5 nitrogen and oxygen atoms in total. The summed E-state index contributed by atoms with van der Waals surface area (Å²) in [6.07, 6.45) is 0.527. The molecule has 2 aromatic carbocycles. The molecule has 0 heterocycles. The maximum absolute atomic E-state index is 12.3. The van der Waals surface area contributed by atoms with Crippen molar-refractivity contribution >= 4 is 5.91 Å². The van der Waals surface area contributed by atoms with Gasteiger partial charge < -0.3 is 19.5 Å². The molecule has 0 spiro atoms. The van der Waals surface area contributed by atoms with E-state index in [2.05, 4.69) is 10.1 Å². The number of amides is 1. The van der Waals surface area contributed by atoms with Gasteiger partial charge in [0, 0.05) is 19.2 Å². The van der Waals surface area contributed by atoms with Gasteiger partial charge in [0.2, 0.25) is 0 Å². The fourth-order valence-electron chi connectivity index (χ4n) is 2.40. The second-order valence-corrected chi connectivity index (χ2v) is 5.50. The molecule has 0 fully saturated rings. The average molecular weight is 365 g/mol. The van der Waals surface area contributed by atoms with Gasteiger partial charge in [0.15, 0.2) is 11.5 Å². The van der Waals surface area contributed by atoms with Crippen molar-refractivity contribution in [3.63, 3.8) is 0 Å². The van der Waals surface area contributed by atoms with E-state index in [4.69, 9.17) is 9.47 Å². The van der Waals surface area contributed by atoms with Crippen molar-refractivity contribution in [2.75, 3.05) is 20.8 Å². The Morgan fingerprint density at radius 3 is 2.35 bits per heavy atom. The van der Waals surface area contributed by atoms with Crippen molar-refractivity contribution in [3.05, 3.63) is 59.2 Å². The van der Waals surface area contributed by atoms with E-state index in [9.17, 15) is 13.6 Å². The molecule has 0 atom stereocenters. The largest absolute Gasteiger partial charge is 0.493 e. The minimum atomic E-state index is -2.91. The van der Waals surface area contributed by atoms with Crippen LogP contribution >= 0.6 is 0 Å². The lowest BCUT2D eigenvalue weighted by Crippen LogP contribution is -2.25. The van der Waals surface area contributed by atoms with Crippen molar-refractivity contribution in [2.24, 2.45) is 0 Å². The SMILES string of the molecule is COCc1ccc(C(=O)NCCc2ccc(OC(F)F)c(OC)c2)cc1. The molecule has 0 aliphatic carbocycles. The van der Waals surface area contributed by atoms with Gasteiger partial charge in [-0.15, -0.1) is 0 Å². The molecule has 0 saturated heterocycles. The van der Waals surface area contributed by atoms with Gasteiger partial charge in [0.1, 0.15) is 0 Å². The van der Waals surface area contributed by atoms with Crippen LogP contribution in [0.4, 0.5) is 8.78 Å². The molecule has 7 heteroatoms. The van der Waals surface area contributed by atoms with E-state index in [1.165, 1.54) is 13.2 Å². The topological polar surface area (TPSA) is 56.8 Å². The fourth-order valence-corrected chi connectivity index (χ4v) is 2.40. The van der Waals surface area contributed by atoms with Gasteiger partial charge in [-0.2, -0.15) is 8.78 Å². The van der Waals surface area contributed by atoms with Gasteiger partial charge in [-0.1, -0.05) is 18.2 Å². The first-order valence-corrected chi connectivity index (χ1v) is 8.01. The summed E-state index contributed by atoms with van der Waals surface area (Å²) in [5.41, 5.74) is 2.38. The van der Waals surface area contributed by atoms with Gasteiger partial charge in [-0.05, 0) is 41.8 Å². The zero-order valence-electron chi connectivity index (χ0n) is 14.6. The fraction of sp³-hybridized carbons (Fsp3) is 0.316. The van der Waals surface area contributed by atoms with Crippen LogP contribution in [0.3, 0.4) is 0 Å². The number of alkyl halides is 2. The highest BCUT2D eigenvalue weighted by molar-refractivity contribution is 5.94. The maximum atomic E-state index is 12.3. The standard InChI is InChI=1S/C19H21F2NO4/c1-24-12-14-3-6-15(7-4-14)18(23)22-10-9-13-5-8-16(26-19(20)21)17(11-13)25-2/h3-8,11,19H,9-10,12H2,1-2H3,(H,22,23). The van der Waals surface area contributed by atoms with Crippen LogP contribution in [-0.2, 0) is 17.8 Å². The number of methoxy groups -OCH3 is 2. The number of rotatable bonds is 9. The van der Waals surface area contributed by atoms with E-state index in [0.29, 0.717) is 25.1 Å². The quantitative estimate of drug-likeness (QED) is 0.740. The summed E-state index contributed by atoms with van der Waals surface area (Å²) >= 11 is 0. The predicted octanol–water partition coefficient (Wildman–Crippen LogP) is 3.42. The van der Waals surface area contributed by atoms with Gasteiger partial charge in [0.05, 0.1) is 13.7 Å². The summed E-state index contributed by atoms with van der Waals surface area (Å²) < 4.78 is 39.1. The Morgan fingerprint density at radius 2 is 1.73 bits per heavy atom. The Morgan fingerprint density at radius 1 is 1.04 bits per heavy atom. The van der Waals surface area contributed by atoms with Crippen LogP contribution in [0.2, 0.25) is 0 Å².